The maximum Gasteiger partial charge on any atom is 0.419 e. The van der Waals surface area contributed by atoms with Crippen molar-refractivity contribution >= 4 is 12.1 Å². The van der Waals surface area contributed by atoms with Crippen molar-refractivity contribution < 1.29 is 14.3 Å². The third-order valence-electron chi connectivity index (χ3n) is 1.65. The topological polar surface area (TPSA) is 58.6 Å². The monoisotopic (exact) mass is 142 g/mol. The van der Waals surface area contributed by atoms with Crippen molar-refractivity contribution in [3.05, 3.63) is 0 Å². The lowest BCUT2D eigenvalue weighted by molar-refractivity contribution is -0.136. The summed E-state index contributed by atoms with van der Waals surface area (Å²) < 4.78 is 4.31. The number of esters is 1. The zero-order chi connectivity index (χ0) is 7.14. The number of nitrogens with one attached hydrogen (secondary N) is 1. The van der Waals surface area contributed by atoms with E-state index in [1.165, 1.54) is 4.90 Å². The van der Waals surface area contributed by atoms with Crippen LogP contribution in [0.5, 0.6) is 0 Å². The number of cyclic esters (lactones) is 2. The third-order valence-corrected chi connectivity index (χ3v) is 1.65. The zero-order valence-corrected chi connectivity index (χ0v) is 5.16. The Balaban J connectivity index is 2.27. The number of fused-ring (bicyclic) bond motifs is 1. The lowest BCUT2D eigenvalue weighted by Crippen LogP contribution is -2.35. The molecule has 0 aromatic heterocycles. The lowest BCUT2D eigenvalue weighted by atomic mass is 10.5. The Kier molecular flexibility index (Phi) is 0.960. The molecule has 10 heavy (non-hydrogen) atoms. The third kappa shape index (κ3) is 0.550. The van der Waals surface area contributed by atoms with Gasteiger partial charge in [0.25, 0.3) is 0 Å². The van der Waals surface area contributed by atoms with Crippen LogP contribution in [0.2, 0.25) is 0 Å². The second-order valence-electron chi connectivity index (χ2n) is 2.24. The van der Waals surface area contributed by atoms with E-state index in [-0.39, 0.29) is 0 Å². The van der Waals surface area contributed by atoms with Crippen molar-refractivity contribution in [1.29, 1.82) is 0 Å². The molecule has 0 aliphatic carbocycles. The van der Waals surface area contributed by atoms with Crippen LogP contribution >= 0.6 is 0 Å². The van der Waals surface area contributed by atoms with Gasteiger partial charge in [-0.15, -0.1) is 0 Å². The molecule has 5 nitrogen and oxygen atoms in total. The Hall–Kier alpha value is -1.10. The average molecular weight is 142 g/mol. The Bertz CT molecular complexity index is 183. The van der Waals surface area contributed by atoms with E-state index < -0.39 is 18.2 Å². The summed E-state index contributed by atoms with van der Waals surface area (Å²) in [5.41, 5.74) is 0. The molecule has 54 valence electrons. The van der Waals surface area contributed by atoms with Crippen LogP contribution in [0.4, 0.5) is 4.79 Å². The minimum Gasteiger partial charge on any atom is -0.373 e. The van der Waals surface area contributed by atoms with E-state index in [0.29, 0.717) is 13.1 Å². The molecule has 5 heteroatoms. The average Bonchev–Trinajstić information content (AvgIpc) is 2.39. The van der Waals surface area contributed by atoms with Gasteiger partial charge in [-0.05, 0) is 0 Å². The van der Waals surface area contributed by atoms with E-state index in [1.807, 2.05) is 0 Å². The minimum atomic E-state index is -0.528. The molecule has 2 heterocycles. The van der Waals surface area contributed by atoms with Crippen molar-refractivity contribution in [2.45, 2.75) is 6.17 Å². The summed E-state index contributed by atoms with van der Waals surface area (Å²) >= 11 is 0. The standard InChI is InChI=1S/C5H6N2O3/c8-4-3-6-1-2-7(3)5(9)10-4/h3,6H,1-2H2. The first-order valence-corrected chi connectivity index (χ1v) is 3.05. The number of carbonyl (C=O) groups is 2. The van der Waals surface area contributed by atoms with Gasteiger partial charge in [0.15, 0.2) is 6.17 Å². The van der Waals surface area contributed by atoms with Crippen LogP contribution in [0.15, 0.2) is 0 Å². The van der Waals surface area contributed by atoms with E-state index >= 15 is 0 Å². The second-order valence-corrected chi connectivity index (χ2v) is 2.24. The van der Waals surface area contributed by atoms with Gasteiger partial charge in [-0.1, -0.05) is 0 Å². The molecule has 1 amide bonds. The first-order chi connectivity index (χ1) is 4.79. The van der Waals surface area contributed by atoms with Gasteiger partial charge in [-0.3, -0.25) is 10.2 Å². The molecule has 1 unspecified atom stereocenters. The number of hydrogen-bond donors (Lipinski definition) is 1. The van der Waals surface area contributed by atoms with E-state index in [0.717, 1.165) is 0 Å². The Labute approximate surface area is 56.9 Å². The van der Waals surface area contributed by atoms with Crippen LogP contribution in [0.1, 0.15) is 0 Å². The first kappa shape index (κ1) is 5.67. The van der Waals surface area contributed by atoms with Crippen LogP contribution in [0, 0.1) is 0 Å². The van der Waals surface area contributed by atoms with Gasteiger partial charge < -0.3 is 4.74 Å². The van der Waals surface area contributed by atoms with Gasteiger partial charge in [0.2, 0.25) is 0 Å². The molecule has 0 aromatic rings. The molecular formula is C5H6N2O3. The Morgan fingerprint density at radius 1 is 1.60 bits per heavy atom. The van der Waals surface area contributed by atoms with Crippen molar-refractivity contribution in [3.63, 3.8) is 0 Å². The second kappa shape index (κ2) is 1.69. The van der Waals surface area contributed by atoms with Crippen molar-refractivity contribution in [2.75, 3.05) is 13.1 Å². The highest BCUT2D eigenvalue weighted by molar-refractivity contribution is 5.95. The minimum absolute atomic E-state index is 0.484. The molecular weight excluding hydrogens is 136 g/mol. The summed E-state index contributed by atoms with van der Waals surface area (Å²) in [7, 11) is 0. The first-order valence-electron chi connectivity index (χ1n) is 3.05. The molecule has 0 bridgehead atoms. The molecule has 2 aliphatic rings. The Morgan fingerprint density at radius 2 is 2.40 bits per heavy atom. The molecule has 0 saturated carbocycles. The fourth-order valence-corrected chi connectivity index (χ4v) is 1.17. The van der Waals surface area contributed by atoms with Crippen molar-refractivity contribution in [2.24, 2.45) is 0 Å². The maximum absolute atomic E-state index is 10.7. The van der Waals surface area contributed by atoms with Crippen LogP contribution in [0.25, 0.3) is 0 Å². The van der Waals surface area contributed by atoms with Crippen molar-refractivity contribution in [1.82, 2.24) is 10.2 Å². The van der Waals surface area contributed by atoms with Gasteiger partial charge in [-0.2, -0.15) is 0 Å². The summed E-state index contributed by atoms with van der Waals surface area (Å²) in [6.07, 6.45) is -1.03. The highest BCUT2D eigenvalue weighted by atomic mass is 16.6. The summed E-state index contributed by atoms with van der Waals surface area (Å²) in [6.45, 7) is 1.24. The van der Waals surface area contributed by atoms with E-state index in [9.17, 15) is 9.59 Å². The van der Waals surface area contributed by atoms with E-state index in [2.05, 4.69) is 10.1 Å². The van der Waals surface area contributed by atoms with Gasteiger partial charge in [0.1, 0.15) is 0 Å². The lowest BCUT2D eigenvalue weighted by Gasteiger charge is -2.05. The number of rotatable bonds is 0. The van der Waals surface area contributed by atoms with E-state index in [1.54, 1.807) is 0 Å². The molecule has 0 aromatic carbocycles. The predicted octanol–water partition coefficient (Wildman–Crippen LogP) is -1.11. The van der Waals surface area contributed by atoms with Crippen LogP contribution in [-0.4, -0.2) is 36.2 Å². The summed E-state index contributed by atoms with van der Waals surface area (Å²) in [5, 5.41) is 2.83. The summed E-state index contributed by atoms with van der Waals surface area (Å²) in [4.78, 5) is 22.8. The van der Waals surface area contributed by atoms with Crippen LogP contribution in [-0.2, 0) is 9.53 Å². The smallest absolute Gasteiger partial charge is 0.373 e. The molecule has 0 radical (unpaired) electrons. The number of ether oxygens (including phenoxy) is 1. The van der Waals surface area contributed by atoms with Gasteiger partial charge in [0, 0.05) is 13.1 Å². The quantitative estimate of drug-likeness (QED) is 0.344. The highest BCUT2D eigenvalue weighted by Gasteiger charge is 2.43. The summed E-state index contributed by atoms with van der Waals surface area (Å²) in [5.74, 6) is -0.484. The zero-order valence-electron chi connectivity index (χ0n) is 5.16. The fourth-order valence-electron chi connectivity index (χ4n) is 1.17. The van der Waals surface area contributed by atoms with Gasteiger partial charge in [-0.25, -0.2) is 9.59 Å². The van der Waals surface area contributed by atoms with Crippen LogP contribution in [0.3, 0.4) is 0 Å². The molecule has 2 aliphatic heterocycles. The molecule has 1 N–H and O–H groups in total. The molecule has 1 atom stereocenters. The maximum atomic E-state index is 10.7. The highest BCUT2D eigenvalue weighted by Crippen LogP contribution is 2.14. The van der Waals surface area contributed by atoms with Crippen LogP contribution < -0.4 is 5.32 Å². The number of amides is 1. The fraction of sp³-hybridized carbons (Fsp3) is 0.600. The predicted molar refractivity (Wildman–Crippen MR) is 30.0 cm³/mol. The molecule has 2 rings (SSSR count). The molecule has 2 saturated heterocycles. The van der Waals surface area contributed by atoms with Gasteiger partial charge in [0.05, 0.1) is 0 Å². The SMILES string of the molecule is O=C1OC(=O)N2CCNC12. The van der Waals surface area contributed by atoms with Crippen molar-refractivity contribution in [3.8, 4) is 0 Å². The van der Waals surface area contributed by atoms with Gasteiger partial charge >= 0.3 is 12.1 Å². The summed E-state index contributed by atoms with van der Waals surface area (Å²) in [6, 6.07) is 0. The normalized spacial score (nSPS) is 30.8. The molecule has 0 spiro atoms. The Morgan fingerprint density at radius 3 is 3.10 bits per heavy atom. The number of nitrogens with zero attached hydrogens (tertiary/aromatic N) is 1. The molecule has 2 fully saturated rings. The van der Waals surface area contributed by atoms with E-state index in [4.69, 9.17) is 0 Å². The largest absolute Gasteiger partial charge is 0.419 e. The number of carbonyl (C=O) groups excluding carboxylic acids is 2. The number of hydrogen-bond acceptors (Lipinski definition) is 4.